The molecule has 1 rings (SSSR count). The summed E-state index contributed by atoms with van der Waals surface area (Å²) in [4.78, 5) is 13.5. The summed E-state index contributed by atoms with van der Waals surface area (Å²) in [5, 5.41) is 0. The van der Waals surface area contributed by atoms with E-state index in [0.717, 1.165) is 5.75 Å². The number of ether oxygens (including phenoxy) is 1. The molecule has 1 aromatic carbocycles. The van der Waals surface area contributed by atoms with E-state index < -0.39 is 6.10 Å². The molecule has 17 heavy (non-hydrogen) atoms. The number of rotatable bonds is 5. The number of ketones is 1. The Labute approximate surface area is 103 Å². The van der Waals surface area contributed by atoms with Crippen molar-refractivity contribution in [1.29, 1.82) is 0 Å². The fourth-order valence-corrected chi connectivity index (χ4v) is 1.24. The first-order valence-electron chi connectivity index (χ1n) is 5.61. The fraction of sp³-hybridized carbons (Fsp3) is 0.357. The number of hydrogen-bond donors (Lipinski definition) is 0. The first-order valence-corrected chi connectivity index (χ1v) is 5.61. The van der Waals surface area contributed by atoms with Crippen LogP contribution in [0.15, 0.2) is 36.5 Å². The maximum absolute atomic E-state index is 11.7. The molecule has 0 aliphatic carbocycles. The zero-order valence-electron chi connectivity index (χ0n) is 10.8. The van der Waals surface area contributed by atoms with Gasteiger partial charge >= 0.3 is 0 Å². The van der Waals surface area contributed by atoms with Crippen LogP contribution < -0.4 is 4.74 Å². The maximum atomic E-state index is 11.7. The van der Waals surface area contributed by atoms with Gasteiger partial charge in [0.1, 0.15) is 5.75 Å². The minimum atomic E-state index is -0.464. The van der Waals surface area contributed by atoms with Crippen molar-refractivity contribution in [2.75, 3.05) is 14.1 Å². The molecular formula is C14H19NO2. The molecule has 0 saturated heterocycles. The van der Waals surface area contributed by atoms with Crippen LogP contribution in [0.25, 0.3) is 0 Å². The SMILES string of the molecule is Cc1ccc(O[C@@H](C)C(=O)/C=C/N(C)C)cc1. The average molecular weight is 233 g/mol. The zero-order chi connectivity index (χ0) is 12.8. The largest absolute Gasteiger partial charge is 0.483 e. The van der Waals surface area contributed by atoms with E-state index in [4.69, 9.17) is 4.74 Å². The Hall–Kier alpha value is -1.77. The normalized spacial score (nSPS) is 12.5. The Morgan fingerprint density at radius 2 is 1.88 bits per heavy atom. The Bertz CT molecular complexity index is 393. The summed E-state index contributed by atoms with van der Waals surface area (Å²) in [7, 11) is 3.74. The fourth-order valence-electron chi connectivity index (χ4n) is 1.24. The van der Waals surface area contributed by atoms with Crippen molar-refractivity contribution in [3.05, 3.63) is 42.1 Å². The van der Waals surface area contributed by atoms with Gasteiger partial charge in [-0.05, 0) is 26.0 Å². The number of carbonyl (C=O) groups is 1. The first kappa shape index (κ1) is 13.3. The van der Waals surface area contributed by atoms with Gasteiger partial charge in [-0.25, -0.2) is 0 Å². The highest BCUT2D eigenvalue weighted by Gasteiger charge is 2.11. The van der Waals surface area contributed by atoms with E-state index in [-0.39, 0.29) is 5.78 Å². The summed E-state index contributed by atoms with van der Waals surface area (Å²) in [6.45, 7) is 3.76. The van der Waals surface area contributed by atoms with E-state index in [1.54, 1.807) is 13.1 Å². The Morgan fingerprint density at radius 3 is 2.41 bits per heavy atom. The van der Waals surface area contributed by atoms with E-state index in [9.17, 15) is 4.79 Å². The molecule has 3 heteroatoms. The van der Waals surface area contributed by atoms with Crippen LogP contribution in [-0.4, -0.2) is 30.9 Å². The molecule has 0 aromatic heterocycles. The zero-order valence-corrected chi connectivity index (χ0v) is 10.8. The molecule has 0 heterocycles. The van der Waals surface area contributed by atoms with Gasteiger partial charge < -0.3 is 9.64 Å². The molecule has 0 N–H and O–H groups in total. The van der Waals surface area contributed by atoms with Crippen molar-refractivity contribution < 1.29 is 9.53 Å². The third-order valence-electron chi connectivity index (χ3n) is 2.27. The monoisotopic (exact) mass is 233 g/mol. The number of carbonyl (C=O) groups excluding carboxylic acids is 1. The van der Waals surface area contributed by atoms with Gasteiger partial charge in [0, 0.05) is 26.4 Å². The smallest absolute Gasteiger partial charge is 0.197 e. The highest BCUT2D eigenvalue weighted by molar-refractivity contribution is 5.93. The van der Waals surface area contributed by atoms with Crippen molar-refractivity contribution in [1.82, 2.24) is 4.90 Å². The van der Waals surface area contributed by atoms with Gasteiger partial charge in [0.05, 0.1) is 0 Å². The first-order chi connectivity index (χ1) is 7.99. The number of benzene rings is 1. The van der Waals surface area contributed by atoms with Crippen LogP contribution in [-0.2, 0) is 4.79 Å². The van der Waals surface area contributed by atoms with E-state index in [1.165, 1.54) is 11.6 Å². The van der Waals surface area contributed by atoms with Crippen LogP contribution in [0.4, 0.5) is 0 Å². The quantitative estimate of drug-likeness (QED) is 0.731. The standard InChI is InChI=1S/C14H19NO2/c1-11-5-7-13(8-6-11)17-12(2)14(16)9-10-15(3)4/h5-10,12H,1-4H3/b10-9+/t12-/m0/s1. The number of nitrogens with zero attached hydrogens (tertiary/aromatic N) is 1. The van der Waals surface area contributed by atoms with Gasteiger partial charge in [0.25, 0.3) is 0 Å². The molecule has 0 bridgehead atoms. The molecule has 0 fully saturated rings. The number of hydrogen-bond acceptors (Lipinski definition) is 3. The molecule has 3 nitrogen and oxygen atoms in total. The van der Waals surface area contributed by atoms with E-state index >= 15 is 0 Å². The van der Waals surface area contributed by atoms with Crippen LogP contribution in [0.5, 0.6) is 5.75 Å². The lowest BCUT2D eigenvalue weighted by Crippen LogP contribution is -2.22. The molecule has 0 saturated carbocycles. The molecule has 0 aliphatic heterocycles. The van der Waals surface area contributed by atoms with Crippen molar-refractivity contribution in [2.24, 2.45) is 0 Å². The van der Waals surface area contributed by atoms with Crippen LogP contribution in [0.3, 0.4) is 0 Å². The van der Waals surface area contributed by atoms with E-state index in [2.05, 4.69) is 0 Å². The second-order valence-electron chi connectivity index (χ2n) is 4.25. The van der Waals surface area contributed by atoms with Crippen molar-refractivity contribution in [2.45, 2.75) is 20.0 Å². The average Bonchev–Trinajstić information content (AvgIpc) is 2.28. The minimum Gasteiger partial charge on any atom is -0.483 e. The molecule has 1 atom stereocenters. The topological polar surface area (TPSA) is 29.5 Å². The van der Waals surface area contributed by atoms with Gasteiger partial charge in [-0.1, -0.05) is 17.7 Å². The van der Waals surface area contributed by atoms with Crippen molar-refractivity contribution in [3.63, 3.8) is 0 Å². The Morgan fingerprint density at radius 1 is 1.29 bits per heavy atom. The second kappa shape index (κ2) is 6.09. The summed E-state index contributed by atoms with van der Waals surface area (Å²) in [6.07, 6.45) is 2.78. The van der Waals surface area contributed by atoms with Gasteiger partial charge in [0.2, 0.25) is 0 Å². The molecule has 92 valence electrons. The maximum Gasteiger partial charge on any atom is 0.197 e. The molecule has 0 amide bonds. The molecule has 0 spiro atoms. The lowest BCUT2D eigenvalue weighted by atomic mass is 10.2. The molecule has 1 aromatic rings. The van der Waals surface area contributed by atoms with E-state index in [0.29, 0.717) is 0 Å². The van der Waals surface area contributed by atoms with Gasteiger partial charge in [-0.2, -0.15) is 0 Å². The lowest BCUT2D eigenvalue weighted by Gasteiger charge is -2.12. The predicted octanol–water partition coefficient (Wildman–Crippen LogP) is 2.41. The molecule has 0 unspecified atom stereocenters. The summed E-state index contributed by atoms with van der Waals surface area (Å²) in [5.41, 5.74) is 1.17. The Kier molecular flexibility index (Phi) is 4.76. The van der Waals surface area contributed by atoms with Crippen LogP contribution in [0.2, 0.25) is 0 Å². The summed E-state index contributed by atoms with van der Waals surface area (Å²) in [6, 6.07) is 7.66. The second-order valence-corrected chi connectivity index (χ2v) is 4.25. The Balaban J connectivity index is 2.57. The lowest BCUT2D eigenvalue weighted by molar-refractivity contribution is -0.120. The number of aryl methyl sites for hydroxylation is 1. The van der Waals surface area contributed by atoms with Gasteiger partial charge in [-0.3, -0.25) is 4.79 Å². The van der Waals surface area contributed by atoms with Crippen LogP contribution in [0, 0.1) is 6.92 Å². The van der Waals surface area contributed by atoms with Gasteiger partial charge in [-0.15, -0.1) is 0 Å². The molecule has 0 radical (unpaired) electrons. The van der Waals surface area contributed by atoms with Crippen LogP contribution in [0.1, 0.15) is 12.5 Å². The molecule has 0 aliphatic rings. The van der Waals surface area contributed by atoms with Crippen LogP contribution >= 0.6 is 0 Å². The third-order valence-corrected chi connectivity index (χ3v) is 2.27. The van der Waals surface area contributed by atoms with Gasteiger partial charge in [0.15, 0.2) is 11.9 Å². The highest BCUT2D eigenvalue weighted by Crippen LogP contribution is 2.13. The summed E-state index contributed by atoms with van der Waals surface area (Å²) in [5.74, 6) is 0.675. The van der Waals surface area contributed by atoms with Crippen molar-refractivity contribution >= 4 is 5.78 Å². The summed E-state index contributed by atoms with van der Waals surface area (Å²) >= 11 is 0. The third kappa shape index (κ3) is 4.72. The van der Waals surface area contributed by atoms with Crippen molar-refractivity contribution in [3.8, 4) is 5.75 Å². The van der Waals surface area contributed by atoms with E-state index in [1.807, 2.05) is 50.2 Å². The summed E-state index contributed by atoms with van der Waals surface area (Å²) < 4.78 is 5.54. The highest BCUT2D eigenvalue weighted by atomic mass is 16.5. The molecular weight excluding hydrogens is 214 g/mol. The predicted molar refractivity (Wildman–Crippen MR) is 69.1 cm³/mol. The minimum absolute atomic E-state index is 0.0423.